The summed E-state index contributed by atoms with van der Waals surface area (Å²) in [5.41, 5.74) is 1.79. The van der Waals surface area contributed by atoms with Crippen LogP contribution in [0.2, 0.25) is 0 Å². The molecule has 2 aromatic carbocycles. The second-order valence-corrected chi connectivity index (χ2v) is 5.67. The van der Waals surface area contributed by atoms with E-state index in [0.29, 0.717) is 5.56 Å². The number of benzene rings is 2. The lowest BCUT2D eigenvalue weighted by atomic mass is 10.1. The van der Waals surface area contributed by atoms with Gasteiger partial charge in [-0.2, -0.15) is 0 Å². The summed E-state index contributed by atoms with van der Waals surface area (Å²) in [6.07, 6.45) is 0.834. The molecule has 2 N–H and O–H groups in total. The molecular weight excluding hydrogens is 321 g/mol. The number of phenols is 1. The van der Waals surface area contributed by atoms with Gasteiger partial charge in [-0.05, 0) is 55.8 Å². The molecule has 0 amide bonds. The summed E-state index contributed by atoms with van der Waals surface area (Å²) >= 11 is 3.36. The van der Waals surface area contributed by atoms with Crippen LogP contribution in [-0.2, 0) is 6.42 Å². The molecule has 20 heavy (non-hydrogen) atoms. The Balaban J connectivity index is 1.90. The van der Waals surface area contributed by atoms with E-state index in [0.717, 1.165) is 23.0 Å². The third-order valence-corrected chi connectivity index (χ3v) is 3.72. The van der Waals surface area contributed by atoms with Gasteiger partial charge in [-0.1, -0.05) is 28.1 Å². The summed E-state index contributed by atoms with van der Waals surface area (Å²) in [6, 6.07) is 12.0. The summed E-state index contributed by atoms with van der Waals surface area (Å²) in [4.78, 5) is 0. The molecular formula is C16H17BrFNO. The van der Waals surface area contributed by atoms with E-state index < -0.39 is 0 Å². The van der Waals surface area contributed by atoms with Crippen LogP contribution in [0, 0.1) is 5.82 Å². The van der Waals surface area contributed by atoms with E-state index in [1.165, 1.54) is 6.07 Å². The Morgan fingerprint density at radius 2 is 1.90 bits per heavy atom. The molecule has 2 rings (SSSR count). The molecule has 0 unspecified atom stereocenters. The Morgan fingerprint density at radius 1 is 1.20 bits per heavy atom. The Hall–Kier alpha value is -1.39. The molecule has 0 saturated carbocycles. The van der Waals surface area contributed by atoms with Crippen molar-refractivity contribution in [3.63, 3.8) is 0 Å². The number of halogens is 2. The van der Waals surface area contributed by atoms with E-state index in [4.69, 9.17) is 0 Å². The SMILES string of the molecule is C[C@@H](NCCc1ccc(O)cc1)c1cc(Br)ccc1F. The Labute approximate surface area is 126 Å². The average molecular weight is 338 g/mol. The zero-order valence-electron chi connectivity index (χ0n) is 11.2. The van der Waals surface area contributed by atoms with Crippen LogP contribution >= 0.6 is 15.9 Å². The van der Waals surface area contributed by atoms with Crippen LogP contribution in [0.4, 0.5) is 4.39 Å². The maximum atomic E-state index is 13.7. The zero-order valence-corrected chi connectivity index (χ0v) is 12.8. The van der Waals surface area contributed by atoms with Crippen molar-refractivity contribution < 1.29 is 9.50 Å². The molecule has 106 valence electrons. The van der Waals surface area contributed by atoms with Crippen LogP contribution in [0.1, 0.15) is 24.1 Å². The minimum atomic E-state index is -0.196. The third kappa shape index (κ3) is 4.05. The van der Waals surface area contributed by atoms with Crippen molar-refractivity contribution in [2.45, 2.75) is 19.4 Å². The number of hydrogen-bond donors (Lipinski definition) is 2. The van der Waals surface area contributed by atoms with E-state index in [2.05, 4.69) is 21.2 Å². The maximum absolute atomic E-state index is 13.7. The van der Waals surface area contributed by atoms with Gasteiger partial charge >= 0.3 is 0 Å². The molecule has 0 saturated heterocycles. The van der Waals surface area contributed by atoms with Crippen molar-refractivity contribution in [1.82, 2.24) is 5.32 Å². The first-order valence-corrected chi connectivity index (χ1v) is 7.32. The van der Waals surface area contributed by atoms with Crippen molar-refractivity contribution in [3.8, 4) is 5.75 Å². The summed E-state index contributed by atoms with van der Waals surface area (Å²) in [6.45, 7) is 2.69. The topological polar surface area (TPSA) is 32.3 Å². The summed E-state index contributed by atoms with van der Waals surface area (Å²) in [5, 5.41) is 12.5. The summed E-state index contributed by atoms with van der Waals surface area (Å²) < 4.78 is 14.6. The van der Waals surface area contributed by atoms with Gasteiger partial charge in [0.25, 0.3) is 0 Å². The molecule has 0 aliphatic carbocycles. The predicted molar refractivity (Wildman–Crippen MR) is 82.3 cm³/mol. The van der Waals surface area contributed by atoms with Gasteiger partial charge in [-0.25, -0.2) is 4.39 Å². The predicted octanol–water partition coefficient (Wildman–Crippen LogP) is 4.19. The van der Waals surface area contributed by atoms with Crippen molar-refractivity contribution in [3.05, 3.63) is 63.9 Å². The van der Waals surface area contributed by atoms with Crippen LogP contribution < -0.4 is 5.32 Å². The van der Waals surface area contributed by atoms with Gasteiger partial charge < -0.3 is 10.4 Å². The van der Waals surface area contributed by atoms with Crippen LogP contribution in [0.3, 0.4) is 0 Å². The Morgan fingerprint density at radius 3 is 2.60 bits per heavy atom. The highest BCUT2D eigenvalue weighted by molar-refractivity contribution is 9.10. The molecule has 0 spiro atoms. The second kappa shape index (κ2) is 6.86. The highest BCUT2D eigenvalue weighted by atomic mass is 79.9. The molecule has 4 heteroatoms. The lowest BCUT2D eigenvalue weighted by Gasteiger charge is -2.15. The fourth-order valence-electron chi connectivity index (χ4n) is 2.05. The van der Waals surface area contributed by atoms with Gasteiger partial charge in [0.15, 0.2) is 0 Å². The third-order valence-electron chi connectivity index (χ3n) is 3.23. The monoisotopic (exact) mass is 337 g/mol. The lowest BCUT2D eigenvalue weighted by molar-refractivity contribution is 0.475. The minimum absolute atomic E-state index is 0.0513. The largest absolute Gasteiger partial charge is 0.508 e. The molecule has 0 bridgehead atoms. The van der Waals surface area contributed by atoms with Gasteiger partial charge in [0, 0.05) is 16.1 Å². The fourth-order valence-corrected chi connectivity index (χ4v) is 2.43. The second-order valence-electron chi connectivity index (χ2n) is 4.76. The zero-order chi connectivity index (χ0) is 14.5. The fraction of sp³-hybridized carbons (Fsp3) is 0.250. The number of phenolic OH excluding ortho intramolecular Hbond substituents is 1. The van der Waals surface area contributed by atoms with E-state index >= 15 is 0 Å². The normalized spacial score (nSPS) is 12.3. The summed E-state index contributed by atoms with van der Waals surface area (Å²) in [5.74, 6) is 0.0733. The number of rotatable bonds is 5. The van der Waals surface area contributed by atoms with Gasteiger partial charge in [0.05, 0.1) is 0 Å². The van der Waals surface area contributed by atoms with E-state index in [1.54, 1.807) is 24.3 Å². The van der Waals surface area contributed by atoms with Crippen molar-refractivity contribution >= 4 is 15.9 Å². The number of aromatic hydroxyl groups is 1. The molecule has 0 aliphatic rings. The van der Waals surface area contributed by atoms with Crippen molar-refractivity contribution in [2.24, 2.45) is 0 Å². The average Bonchev–Trinajstić information content (AvgIpc) is 2.43. The first-order valence-electron chi connectivity index (χ1n) is 6.52. The molecule has 2 aromatic rings. The molecule has 0 aromatic heterocycles. The van der Waals surface area contributed by atoms with Gasteiger partial charge in [0.1, 0.15) is 11.6 Å². The van der Waals surface area contributed by atoms with Crippen LogP contribution in [-0.4, -0.2) is 11.7 Å². The smallest absolute Gasteiger partial charge is 0.128 e. The van der Waals surface area contributed by atoms with Gasteiger partial charge in [-0.3, -0.25) is 0 Å². The number of hydrogen-bond acceptors (Lipinski definition) is 2. The molecule has 0 aliphatic heterocycles. The molecule has 1 atom stereocenters. The van der Waals surface area contributed by atoms with E-state index in [9.17, 15) is 9.50 Å². The molecule has 2 nitrogen and oxygen atoms in total. The Bertz CT molecular complexity index is 571. The molecule has 0 fully saturated rings. The van der Waals surface area contributed by atoms with Crippen molar-refractivity contribution in [1.29, 1.82) is 0 Å². The number of nitrogens with one attached hydrogen (secondary N) is 1. The highest BCUT2D eigenvalue weighted by Gasteiger charge is 2.10. The lowest BCUT2D eigenvalue weighted by Crippen LogP contribution is -2.22. The van der Waals surface area contributed by atoms with Gasteiger partial charge in [0.2, 0.25) is 0 Å². The van der Waals surface area contributed by atoms with E-state index in [1.807, 2.05) is 19.1 Å². The van der Waals surface area contributed by atoms with Crippen LogP contribution in [0.5, 0.6) is 5.75 Å². The van der Waals surface area contributed by atoms with Crippen molar-refractivity contribution in [2.75, 3.05) is 6.54 Å². The van der Waals surface area contributed by atoms with Crippen LogP contribution in [0.25, 0.3) is 0 Å². The quantitative estimate of drug-likeness (QED) is 0.857. The first kappa shape index (κ1) is 15.0. The molecule has 0 heterocycles. The summed E-state index contributed by atoms with van der Waals surface area (Å²) in [7, 11) is 0. The first-order chi connectivity index (χ1) is 9.56. The minimum Gasteiger partial charge on any atom is -0.508 e. The van der Waals surface area contributed by atoms with Crippen LogP contribution in [0.15, 0.2) is 46.9 Å². The Kier molecular flexibility index (Phi) is 5.15. The van der Waals surface area contributed by atoms with Gasteiger partial charge in [-0.15, -0.1) is 0 Å². The highest BCUT2D eigenvalue weighted by Crippen LogP contribution is 2.21. The van der Waals surface area contributed by atoms with E-state index in [-0.39, 0.29) is 17.6 Å². The molecule has 0 radical (unpaired) electrons. The maximum Gasteiger partial charge on any atom is 0.128 e. The standard InChI is InChI=1S/C16H17BrFNO/c1-11(15-10-13(17)4-7-16(15)18)19-9-8-12-2-5-14(20)6-3-12/h2-7,10-11,19-20H,8-9H2,1H3/t11-/m1/s1.